The molecule has 0 spiro atoms. The van der Waals surface area contributed by atoms with Crippen LogP contribution in [0, 0.1) is 58.2 Å². The van der Waals surface area contributed by atoms with Gasteiger partial charge in [0.2, 0.25) is 0 Å². The van der Waals surface area contributed by atoms with Crippen LogP contribution in [0.15, 0.2) is 23.3 Å². The van der Waals surface area contributed by atoms with Crippen molar-refractivity contribution in [2.45, 2.75) is 68.2 Å². The van der Waals surface area contributed by atoms with Crippen molar-refractivity contribution in [3.63, 3.8) is 0 Å². The molecule has 8 heteroatoms. The molecule has 4 aliphatic rings. The number of carboxylic acid groups (broad SMARTS) is 2. The lowest BCUT2D eigenvalue weighted by Crippen LogP contribution is -2.58. The van der Waals surface area contributed by atoms with E-state index in [4.69, 9.17) is 19.7 Å². The third-order valence-corrected chi connectivity index (χ3v) is 9.87. The van der Waals surface area contributed by atoms with Crippen molar-refractivity contribution in [1.82, 2.24) is 0 Å². The molecule has 0 amide bonds. The average molecular weight is 533 g/mol. The van der Waals surface area contributed by atoms with E-state index in [9.17, 15) is 19.2 Å². The molecule has 4 bridgehead atoms. The van der Waals surface area contributed by atoms with Gasteiger partial charge in [-0.25, -0.2) is 0 Å². The topological polar surface area (TPSA) is 127 Å². The molecular formula is C30H44O8. The zero-order valence-corrected chi connectivity index (χ0v) is 23.9. The predicted octanol–water partition coefficient (Wildman–Crippen LogP) is 4.98. The van der Waals surface area contributed by atoms with Gasteiger partial charge in [-0.05, 0) is 70.1 Å². The highest BCUT2D eigenvalue weighted by atomic mass is 16.5. The maximum absolute atomic E-state index is 13.3. The van der Waals surface area contributed by atoms with Gasteiger partial charge in [0.1, 0.15) is 0 Å². The molecule has 0 heterocycles. The van der Waals surface area contributed by atoms with Crippen LogP contribution in [0.3, 0.4) is 0 Å². The Kier molecular flexibility index (Phi) is 8.54. The minimum Gasteiger partial charge on any atom is -0.481 e. The molecule has 0 aromatic rings. The van der Waals surface area contributed by atoms with E-state index in [1.54, 1.807) is 0 Å². The molecule has 4 aliphatic carbocycles. The number of carbonyl (C=O) groups excluding carboxylic acids is 2. The lowest BCUT2D eigenvalue weighted by Gasteiger charge is -2.52. The van der Waals surface area contributed by atoms with Gasteiger partial charge in [-0.2, -0.15) is 0 Å². The molecule has 4 rings (SSSR count). The first-order valence-corrected chi connectivity index (χ1v) is 13.9. The maximum atomic E-state index is 13.3. The summed E-state index contributed by atoms with van der Waals surface area (Å²) in [5.74, 6) is -4.18. The van der Waals surface area contributed by atoms with E-state index in [0.717, 1.165) is 12.0 Å². The molecule has 8 unspecified atom stereocenters. The number of esters is 2. The normalized spacial score (nSPS) is 36.5. The quantitative estimate of drug-likeness (QED) is 0.331. The third kappa shape index (κ3) is 4.19. The maximum Gasteiger partial charge on any atom is 0.314 e. The number of aliphatic carboxylic acids is 2. The molecule has 0 radical (unpaired) electrons. The Morgan fingerprint density at radius 1 is 0.895 bits per heavy atom. The van der Waals surface area contributed by atoms with Crippen molar-refractivity contribution in [3.8, 4) is 0 Å². The van der Waals surface area contributed by atoms with Gasteiger partial charge < -0.3 is 19.7 Å². The Balaban J connectivity index is 0.000000241. The first-order chi connectivity index (χ1) is 17.7. The highest BCUT2D eigenvalue weighted by Crippen LogP contribution is 2.72. The van der Waals surface area contributed by atoms with Crippen LogP contribution >= 0.6 is 0 Å². The highest BCUT2D eigenvalue weighted by molar-refractivity contribution is 5.89. The number of fused-ring (bicyclic) bond motifs is 4. The van der Waals surface area contributed by atoms with Gasteiger partial charge in [0.15, 0.2) is 0 Å². The molecule has 2 saturated carbocycles. The minimum atomic E-state index is -0.978. The Labute approximate surface area is 225 Å². The van der Waals surface area contributed by atoms with Gasteiger partial charge in [-0.1, -0.05) is 51.0 Å². The van der Waals surface area contributed by atoms with Crippen LogP contribution in [0.2, 0.25) is 0 Å². The van der Waals surface area contributed by atoms with Crippen molar-refractivity contribution in [2.24, 2.45) is 58.2 Å². The van der Waals surface area contributed by atoms with E-state index in [1.165, 1.54) is 5.57 Å². The number of hydrogen-bond acceptors (Lipinski definition) is 6. The monoisotopic (exact) mass is 532 g/mol. The molecule has 0 aliphatic heterocycles. The van der Waals surface area contributed by atoms with Crippen molar-refractivity contribution in [2.75, 3.05) is 13.2 Å². The van der Waals surface area contributed by atoms with Gasteiger partial charge in [0.05, 0.1) is 36.4 Å². The first-order valence-electron chi connectivity index (χ1n) is 13.9. The summed E-state index contributed by atoms with van der Waals surface area (Å²) >= 11 is 0. The first kappa shape index (κ1) is 29.9. The van der Waals surface area contributed by atoms with E-state index in [1.807, 2.05) is 40.7 Å². The molecule has 212 valence electrons. The van der Waals surface area contributed by atoms with Crippen LogP contribution in [0.1, 0.15) is 68.2 Å². The predicted molar refractivity (Wildman–Crippen MR) is 141 cm³/mol. The molecule has 0 aromatic heterocycles. The molecule has 2 fully saturated rings. The Morgan fingerprint density at radius 3 is 1.95 bits per heavy atom. The lowest BCUT2D eigenvalue weighted by molar-refractivity contribution is -0.183. The molecule has 8 atom stereocenters. The molecule has 0 saturated heterocycles. The standard InChI is InChI=1S/C20H32O4.C10H12O4/c1-8-23-17(21)16-15-10-14(7)19(11-15,12(3)4)20(16,13(5)6)18(22)24-9-2;1-4-2-5-3-6(4)8(10(13)14)7(5)9(11)12/h10,12-13,15-16H,8-9,11H2,1-7H3;2,5-8H,3H2,1H3,(H,11,12)(H,13,14). The molecular weight excluding hydrogens is 488 g/mol. The Hall–Kier alpha value is -2.64. The van der Waals surface area contributed by atoms with Gasteiger partial charge in [0.25, 0.3) is 0 Å². The average Bonchev–Trinajstić information content (AvgIpc) is 3.54. The minimum absolute atomic E-state index is 0.0120. The fourth-order valence-corrected chi connectivity index (χ4v) is 8.68. The summed E-state index contributed by atoms with van der Waals surface area (Å²) in [6.07, 6.45) is 5.64. The Bertz CT molecular complexity index is 1040. The summed E-state index contributed by atoms with van der Waals surface area (Å²) in [7, 11) is 0. The molecule has 2 N–H and O–H groups in total. The van der Waals surface area contributed by atoms with Crippen LogP contribution in [0.4, 0.5) is 0 Å². The number of carboxylic acids is 2. The summed E-state index contributed by atoms with van der Waals surface area (Å²) in [5, 5.41) is 17.9. The van der Waals surface area contributed by atoms with Gasteiger partial charge >= 0.3 is 23.9 Å². The third-order valence-electron chi connectivity index (χ3n) is 9.87. The summed E-state index contributed by atoms with van der Waals surface area (Å²) in [6.45, 7) is 16.7. The smallest absolute Gasteiger partial charge is 0.314 e. The van der Waals surface area contributed by atoms with Gasteiger partial charge in [0, 0.05) is 5.41 Å². The van der Waals surface area contributed by atoms with Crippen molar-refractivity contribution in [1.29, 1.82) is 0 Å². The van der Waals surface area contributed by atoms with Crippen LogP contribution < -0.4 is 0 Å². The zero-order valence-electron chi connectivity index (χ0n) is 23.9. The summed E-state index contributed by atoms with van der Waals surface area (Å²) < 4.78 is 10.9. The number of allylic oxidation sites excluding steroid dienone is 4. The van der Waals surface area contributed by atoms with Crippen LogP contribution in [0.25, 0.3) is 0 Å². The van der Waals surface area contributed by atoms with Gasteiger partial charge in [-0.3, -0.25) is 19.2 Å². The lowest BCUT2D eigenvalue weighted by atomic mass is 9.49. The molecule has 0 aromatic carbocycles. The molecule has 8 nitrogen and oxygen atoms in total. The van der Waals surface area contributed by atoms with E-state index in [2.05, 4.69) is 26.8 Å². The number of carbonyl (C=O) groups is 4. The fourth-order valence-electron chi connectivity index (χ4n) is 8.68. The van der Waals surface area contributed by atoms with E-state index >= 15 is 0 Å². The number of rotatable bonds is 8. The fraction of sp³-hybridized carbons (Fsp3) is 0.733. The van der Waals surface area contributed by atoms with E-state index in [-0.39, 0.29) is 46.9 Å². The SMILES string of the molecule is CC1=CC2CC1C(C(=O)O)C2C(=O)O.CCOC(=O)C1C2C=C(C)C(C(C)C)(C2)C1(C(=O)OCC)C(C)C. The second-order valence-corrected chi connectivity index (χ2v) is 12.0. The number of ether oxygens (including phenoxy) is 2. The van der Waals surface area contributed by atoms with Crippen molar-refractivity contribution in [3.05, 3.63) is 23.3 Å². The van der Waals surface area contributed by atoms with Gasteiger partial charge in [-0.15, -0.1) is 0 Å². The summed E-state index contributed by atoms with van der Waals surface area (Å²) in [4.78, 5) is 48.1. The summed E-state index contributed by atoms with van der Waals surface area (Å²) in [5.41, 5.74) is 1.08. The Morgan fingerprint density at radius 2 is 1.47 bits per heavy atom. The molecule has 38 heavy (non-hydrogen) atoms. The van der Waals surface area contributed by atoms with Crippen LogP contribution in [-0.2, 0) is 28.7 Å². The van der Waals surface area contributed by atoms with E-state index in [0.29, 0.717) is 19.6 Å². The number of hydrogen-bond donors (Lipinski definition) is 2. The van der Waals surface area contributed by atoms with E-state index < -0.39 is 35.1 Å². The summed E-state index contributed by atoms with van der Waals surface area (Å²) in [6, 6.07) is 0. The largest absolute Gasteiger partial charge is 0.481 e. The van der Waals surface area contributed by atoms with Crippen molar-refractivity contribution < 1.29 is 38.9 Å². The van der Waals surface area contributed by atoms with Crippen molar-refractivity contribution >= 4 is 23.9 Å². The second kappa shape index (κ2) is 10.9. The second-order valence-electron chi connectivity index (χ2n) is 12.0. The van der Waals surface area contributed by atoms with Crippen LogP contribution in [-0.4, -0.2) is 47.3 Å². The zero-order chi connectivity index (χ0) is 28.7. The van der Waals surface area contributed by atoms with Crippen LogP contribution in [0.5, 0.6) is 0 Å². The highest BCUT2D eigenvalue weighted by Gasteiger charge is 2.75.